The van der Waals surface area contributed by atoms with Crippen LogP contribution < -0.4 is 0 Å². The van der Waals surface area contributed by atoms with Gasteiger partial charge in [-0.15, -0.1) is 0 Å². The normalized spacial score (nSPS) is 14.1. The van der Waals surface area contributed by atoms with Crippen molar-refractivity contribution in [1.82, 2.24) is 19.4 Å². The number of halogens is 2. The number of aromatic nitrogens is 2. The fourth-order valence-corrected chi connectivity index (χ4v) is 3.33. The third kappa shape index (κ3) is 3.73. The zero-order valence-electron chi connectivity index (χ0n) is 15.5. The fourth-order valence-electron chi connectivity index (χ4n) is 3.33. The number of piperazine rings is 1. The van der Waals surface area contributed by atoms with Crippen molar-refractivity contribution in [2.75, 3.05) is 26.2 Å². The Morgan fingerprint density at radius 2 is 1.48 bits per heavy atom. The predicted molar refractivity (Wildman–Crippen MR) is 102 cm³/mol. The first-order valence-electron chi connectivity index (χ1n) is 9.16. The third-order valence-corrected chi connectivity index (χ3v) is 4.91. The molecule has 0 radical (unpaired) electrons. The molecule has 1 aliphatic heterocycles. The van der Waals surface area contributed by atoms with Crippen molar-refractivity contribution in [2.45, 2.75) is 0 Å². The molecule has 2 aromatic carbocycles. The Morgan fingerprint density at radius 1 is 0.828 bits per heavy atom. The Hall–Kier alpha value is -3.55. The smallest absolute Gasteiger partial charge is 0.272 e. The third-order valence-electron chi connectivity index (χ3n) is 4.91. The Balaban J connectivity index is 1.44. The average molecular weight is 396 g/mol. The molecular formula is C21H18F2N4O2. The lowest BCUT2D eigenvalue weighted by atomic mass is 10.1. The number of imidazole rings is 1. The Kier molecular flexibility index (Phi) is 5.07. The van der Waals surface area contributed by atoms with Crippen molar-refractivity contribution in [2.24, 2.45) is 0 Å². The summed E-state index contributed by atoms with van der Waals surface area (Å²) in [5.41, 5.74) is 1.36. The molecule has 3 aromatic rings. The second-order valence-corrected chi connectivity index (χ2v) is 6.70. The SMILES string of the molecule is O=C(c1ccc(F)c(F)c1)N1CCN(C(=O)c2cncn2-c2ccccc2)CC1. The average Bonchev–Trinajstić information content (AvgIpc) is 3.25. The number of amides is 2. The minimum Gasteiger partial charge on any atom is -0.335 e. The van der Waals surface area contributed by atoms with E-state index in [4.69, 9.17) is 0 Å². The second kappa shape index (κ2) is 7.83. The number of carbonyl (C=O) groups excluding carboxylic acids is 2. The highest BCUT2D eigenvalue weighted by Gasteiger charge is 2.27. The maximum atomic E-state index is 13.4. The second-order valence-electron chi connectivity index (χ2n) is 6.70. The van der Waals surface area contributed by atoms with Crippen molar-refractivity contribution >= 4 is 11.8 Å². The van der Waals surface area contributed by atoms with Gasteiger partial charge in [0.25, 0.3) is 11.8 Å². The first kappa shape index (κ1) is 18.8. The van der Waals surface area contributed by atoms with Crippen molar-refractivity contribution in [3.63, 3.8) is 0 Å². The molecule has 2 amide bonds. The van der Waals surface area contributed by atoms with Gasteiger partial charge in [0.1, 0.15) is 5.69 Å². The molecule has 29 heavy (non-hydrogen) atoms. The zero-order valence-corrected chi connectivity index (χ0v) is 15.5. The largest absolute Gasteiger partial charge is 0.335 e. The van der Waals surface area contributed by atoms with E-state index in [1.807, 2.05) is 30.3 Å². The molecule has 1 fully saturated rings. The highest BCUT2D eigenvalue weighted by Crippen LogP contribution is 2.16. The van der Waals surface area contributed by atoms with Crippen molar-refractivity contribution < 1.29 is 18.4 Å². The van der Waals surface area contributed by atoms with Gasteiger partial charge in [-0.05, 0) is 30.3 Å². The highest BCUT2D eigenvalue weighted by molar-refractivity contribution is 5.95. The van der Waals surface area contributed by atoms with E-state index in [0.29, 0.717) is 31.9 Å². The molecule has 0 atom stereocenters. The van der Waals surface area contributed by atoms with E-state index in [0.717, 1.165) is 17.8 Å². The fraction of sp³-hybridized carbons (Fsp3) is 0.190. The van der Waals surface area contributed by atoms with Crippen LogP contribution in [0.15, 0.2) is 61.1 Å². The van der Waals surface area contributed by atoms with Crippen LogP contribution in [-0.4, -0.2) is 57.3 Å². The van der Waals surface area contributed by atoms with E-state index in [1.54, 1.807) is 15.8 Å². The molecule has 0 aliphatic carbocycles. The minimum atomic E-state index is -1.06. The molecule has 0 N–H and O–H groups in total. The van der Waals surface area contributed by atoms with Gasteiger partial charge >= 0.3 is 0 Å². The zero-order chi connectivity index (χ0) is 20.4. The van der Waals surface area contributed by atoms with E-state index in [2.05, 4.69) is 4.98 Å². The molecule has 0 saturated carbocycles. The summed E-state index contributed by atoms with van der Waals surface area (Å²) in [6.45, 7) is 1.30. The molecule has 1 aliphatic rings. The van der Waals surface area contributed by atoms with Crippen LogP contribution in [0.5, 0.6) is 0 Å². The number of hydrogen-bond donors (Lipinski definition) is 0. The van der Waals surface area contributed by atoms with Crippen LogP contribution >= 0.6 is 0 Å². The van der Waals surface area contributed by atoms with Crippen LogP contribution in [0.25, 0.3) is 5.69 Å². The maximum Gasteiger partial charge on any atom is 0.272 e. The van der Waals surface area contributed by atoms with Crippen molar-refractivity contribution in [1.29, 1.82) is 0 Å². The summed E-state index contributed by atoms with van der Waals surface area (Å²) in [6, 6.07) is 12.5. The van der Waals surface area contributed by atoms with E-state index in [1.165, 1.54) is 17.2 Å². The van der Waals surface area contributed by atoms with Gasteiger partial charge in [-0.25, -0.2) is 13.8 Å². The van der Waals surface area contributed by atoms with Crippen LogP contribution in [0, 0.1) is 11.6 Å². The topological polar surface area (TPSA) is 58.4 Å². The number of benzene rings is 2. The molecule has 2 heterocycles. The first-order valence-corrected chi connectivity index (χ1v) is 9.16. The standard InChI is InChI=1S/C21H18F2N4O2/c22-17-7-6-15(12-18(17)23)20(28)25-8-10-26(11-9-25)21(29)19-13-24-14-27(19)16-4-2-1-3-5-16/h1-7,12-14H,8-11H2. The molecule has 0 unspecified atom stereocenters. The van der Waals surface area contributed by atoms with Gasteiger partial charge in [0.05, 0.1) is 12.5 Å². The van der Waals surface area contributed by atoms with Crippen LogP contribution in [-0.2, 0) is 0 Å². The maximum absolute atomic E-state index is 13.4. The van der Waals surface area contributed by atoms with Crippen molar-refractivity contribution in [3.8, 4) is 5.69 Å². The lowest BCUT2D eigenvalue weighted by Crippen LogP contribution is -2.50. The quantitative estimate of drug-likeness (QED) is 0.684. The lowest BCUT2D eigenvalue weighted by molar-refractivity contribution is 0.0531. The number of nitrogens with zero attached hydrogens (tertiary/aromatic N) is 4. The summed E-state index contributed by atoms with van der Waals surface area (Å²) in [4.78, 5) is 32.8. The summed E-state index contributed by atoms with van der Waals surface area (Å²) >= 11 is 0. The van der Waals surface area contributed by atoms with Gasteiger partial charge in [0.2, 0.25) is 0 Å². The van der Waals surface area contributed by atoms with Gasteiger partial charge in [-0.1, -0.05) is 18.2 Å². The van der Waals surface area contributed by atoms with Gasteiger partial charge in [-0.2, -0.15) is 0 Å². The number of hydrogen-bond acceptors (Lipinski definition) is 3. The summed E-state index contributed by atoms with van der Waals surface area (Å²) in [6.07, 6.45) is 3.11. The molecule has 1 aromatic heterocycles. The van der Waals surface area contributed by atoms with Crippen LogP contribution in [0.1, 0.15) is 20.8 Å². The molecule has 1 saturated heterocycles. The van der Waals surface area contributed by atoms with E-state index >= 15 is 0 Å². The molecule has 148 valence electrons. The Bertz CT molecular complexity index is 1040. The van der Waals surface area contributed by atoms with Crippen molar-refractivity contribution in [3.05, 3.63) is 83.9 Å². The number of carbonyl (C=O) groups is 2. The summed E-state index contributed by atoms with van der Waals surface area (Å²) in [5, 5.41) is 0. The van der Waals surface area contributed by atoms with E-state index < -0.39 is 11.6 Å². The van der Waals surface area contributed by atoms with Gasteiger partial charge in [0, 0.05) is 37.4 Å². The first-order chi connectivity index (χ1) is 14.0. The van der Waals surface area contributed by atoms with Crippen LogP contribution in [0.3, 0.4) is 0 Å². The van der Waals surface area contributed by atoms with Gasteiger partial charge < -0.3 is 9.80 Å². The van der Waals surface area contributed by atoms with E-state index in [-0.39, 0.29) is 17.4 Å². The van der Waals surface area contributed by atoms with E-state index in [9.17, 15) is 18.4 Å². The Labute approximate surface area is 166 Å². The molecular weight excluding hydrogens is 378 g/mol. The highest BCUT2D eigenvalue weighted by atomic mass is 19.2. The summed E-state index contributed by atoms with van der Waals surface area (Å²) in [7, 11) is 0. The molecule has 0 bridgehead atoms. The predicted octanol–water partition coefficient (Wildman–Crippen LogP) is 2.75. The molecule has 8 heteroatoms. The molecule has 6 nitrogen and oxygen atoms in total. The lowest BCUT2D eigenvalue weighted by Gasteiger charge is -2.34. The van der Waals surface area contributed by atoms with Gasteiger partial charge in [0.15, 0.2) is 11.6 Å². The molecule has 0 spiro atoms. The molecule has 4 rings (SSSR count). The Morgan fingerprint density at radius 3 is 2.14 bits per heavy atom. The number of rotatable bonds is 3. The number of para-hydroxylation sites is 1. The van der Waals surface area contributed by atoms with Gasteiger partial charge in [-0.3, -0.25) is 14.2 Å². The van der Waals surface area contributed by atoms with Crippen LogP contribution in [0.2, 0.25) is 0 Å². The minimum absolute atomic E-state index is 0.0887. The summed E-state index contributed by atoms with van der Waals surface area (Å²) < 4.78 is 28.2. The van der Waals surface area contributed by atoms with Crippen LogP contribution in [0.4, 0.5) is 8.78 Å². The monoisotopic (exact) mass is 396 g/mol. The summed E-state index contributed by atoms with van der Waals surface area (Å²) in [5.74, 6) is -2.61.